The van der Waals surface area contributed by atoms with E-state index in [2.05, 4.69) is 85.8 Å². The van der Waals surface area contributed by atoms with E-state index in [1.165, 1.54) is 141 Å². The maximum absolute atomic E-state index is 12.4. The van der Waals surface area contributed by atoms with Gasteiger partial charge in [-0.2, -0.15) is 0 Å². The Balaban J connectivity index is -0.000000137. The van der Waals surface area contributed by atoms with Gasteiger partial charge in [0, 0.05) is 33.7 Å². The van der Waals surface area contributed by atoms with Crippen molar-refractivity contribution in [1.82, 2.24) is 4.90 Å². The molecule has 318 valence electrons. The fourth-order valence-electron chi connectivity index (χ4n) is 4.80. The molecule has 0 radical (unpaired) electrons. The molecule has 4 heteroatoms. The van der Waals surface area contributed by atoms with Gasteiger partial charge in [0.1, 0.15) is 0 Å². The van der Waals surface area contributed by atoms with Gasteiger partial charge in [-0.25, -0.2) is 0 Å². The molecule has 0 atom stereocenters. The van der Waals surface area contributed by atoms with Crippen LogP contribution in [0.5, 0.6) is 0 Å². The van der Waals surface area contributed by atoms with Crippen molar-refractivity contribution in [3.63, 3.8) is 0 Å². The zero-order valence-corrected chi connectivity index (χ0v) is 39.1. The number of methoxy groups -OCH3 is 1. The van der Waals surface area contributed by atoms with Crippen LogP contribution in [-0.4, -0.2) is 44.7 Å². The van der Waals surface area contributed by atoms with Crippen LogP contribution >= 0.6 is 0 Å². The summed E-state index contributed by atoms with van der Waals surface area (Å²) in [6, 6.07) is 0. The van der Waals surface area contributed by atoms with Crippen LogP contribution in [0.3, 0.4) is 0 Å². The highest BCUT2D eigenvalue weighted by Gasteiger charge is 2.12. The zero-order chi connectivity index (χ0) is 40.7. The van der Waals surface area contributed by atoms with E-state index in [1.807, 2.05) is 13.8 Å². The number of hydrogen-bond donors (Lipinski definition) is 1. The molecule has 0 bridgehead atoms. The van der Waals surface area contributed by atoms with E-state index in [1.54, 1.807) is 14.2 Å². The average Bonchev–Trinajstić information content (AvgIpc) is 3.11. The van der Waals surface area contributed by atoms with Gasteiger partial charge < -0.3 is 15.4 Å². The lowest BCUT2D eigenvalue weighted by Gasteiger charge is -2.22. The van der Waals surface area contributed by atoms with Gasteiger partial charge in [-0.15, -0.1) is 0 Å². The number of hydrogen-bond acceptors (Lipinski definition) is 3. The van der Waals surface area contributed by atoms with E-state index < -0.39 is 0 Å². The molecular weight excluding hydrogens is 625 g/mol. The van der Waals surface area contributed by atoms with Crippen molar-refractivity contribution in [3.05, 3.63) is 0 Å². The Morgan fingerprint density at radius 2 is 0.765 bits per heavy atom. The molecule has 0 saturated heterocycles. The Hall–Kier alpha value is -0.610. The van der Waals surface area contributed by atoms with E-state index in [0.29, 0.717) is 12.5 Å². The Morgan fingerprint density at radius 1 is 0.490 bits per heavy atom. The molecule has 1 amide bonds. The normalized spacial score (nSPS) is 9.51. The lowest BCUT2D eigenvalue weighted by atomic mass is 10.0. The number of nitrogens with zero attached hydrogens (tertiary/aromatic N) is 1. The number of rotatable bonds is 27. The summed E-state index contributed by atoms with van der Waals surface area (Å²) in [6.45, 7) is 30.5. The van der Waals surface area contributed by atoms with Crippen molar-refractivity contribution in [2.75, 3.05) is 33.9 Å². The molecule has 2 N–H and O–H groups in total. The van der Waals surface area contributed by atoms with E-state index in [0.717, 1.165) is 51.1 Å². The monoisotopic (exact) mass is 733 g/mol. The van der Waals surface area contributed by atoms with Crippen LogP contribution in [0, 0.1) is 5.92 Å². The molecule has 0 unspecified atom stereocenters. The molecule has 0 aliphatic rings. The molecule has 0 fully saturated rings. The third kappa shape index (κ3) is 93.8. The minimum absolute atomic E-state index is 0.344. The highest BCUT2D eigenvalue weighted by atomic mass is 16.4. The van der Waals surface area contributed by atoms with Crippen LogP contribution in [0.4, 0.5) is 0 Å². The van der Waals surface area contributed by atoms with Crippen LogP contribution in [0.2, 0.25) is 0 Å². The Morgan fingerprint density at radius 3 is 1.08 bits per heavy atom. The average molecular weight is 733 g/mol. The topological polar surface area (TPSA) is 55.6 Å². The first-order chi connectivity index (χ1) is 24.7. The predicted molar refractivity (Wildman–Crippen MR) is 240 cm³/mol. The van der Waals surface area contributed by atoms with E-state index in [-0.39, 0.29) is 0 Å². The highest BCUT2D eigenvalue weighted by molar-refractivity contribution is 5.76. The van der Waals surface area contributed by atoms with Gasteiger partial charge in [0.15, 0.2) is 0 Å². The van der Waals surface area contributed by atoms with Gasteiger partial charge >= 0.3 is 0 Å². The molecule has 0 aliphatic heterocycles. The van der Waals surface area contributed by atoms with Gasteiger partial charge in [0.05, 0.1) is 0 Å². The number of nitrogens with two attached hydrogens (primary N) is 1. The summed E-state index contributed by atoms with van der Waals surface area (Å²) in [5.41, 5.74) is 5.64. The molecule has 0 aromatic carbocycles. The summed E-state index contributed by atoms with van der Waals surface area (Å²) in [5, 5.41) is 0. The lowest BCUT2D eigenvalue weighted by molar-refractivity contribution is -0.131. The van der Waals surface area contributed by atoms with Crippen LogP contribution in [-0.2, 0) is 9.53 Å². The summed E-state index contributed by atoms with van der Waals surface area (Å²) in [4.78, 5) is 14.4. The van der Waals surface area contributed by atoms with Gasteiger partial charge in [0.2, 0.25) is 5.91 Å². The number of amides is 1. The Kier molecular flexibility index (Phi) is 95.4. The Labute approximate surface area is 328 Å². The van der Waals surface area contributed by atoms with Crippen molar-refractivity contribution in [1.29, 1.82) is 0 Å². The van der Waals surface area contributed by atoms with Crippen LogP contribution in [0.15, 0.2) is 0 Å². The minimum atomic E-state index is 0.344. The summed E-state index contributed by atoms with van der Waals surface area (Å²) in [5.74, 6) is 1.25. The molecule has 0 heterocycles. The molecule has 0 aromatic rings. The van der Waals surface area contributed by atoms with Crippen molar-refractivity contribution >= 4 is 5.91 Å². The molecule has 0 saturated carbocycles. The first kappa shape index (κ1) is 65.3. The van der Waals surface area contributed by atoms with Gasteiger partial charge in [-0.05, 0) is 31.7 Å². The van der Waals surface area contributed by atoms with Crippen molar-refractivity contribution < 1.29 is 9.53 Å². The van der Waals surface area contributed by atoms with Crippen molar-refractivity contribution in [3.8, 4) is 0 Å². The molecule has 51 heavy (non-hydrogen) atoms. The second kappa shape index (κ2) is 74.5. The van der Waals surface area contributed by atoms with E-state index in [9.17, 15) is 4.79 Å². The predicted octanol–water partition coefficient (Wildman–Crippen LogP) is 16.4. The maximum atomic E-state index is 12.4. The van der Waals surface area contributed by atoms with Crippen LogP contribution in [0.1, 0.15) is 263 Å². The summed E-state index contributed by atoms with van der Waals surface area (Å²) < 4.78 is 4.25. The molecular formula is C47H108N2O2. The highest BCUT2D eigenvalue weighted by Crippen LogP contribution is 2.14. The number of carbonyl (C=O) groups excluding carboxylic acids is 1. The van der Waals surface area contributed by atoms with Crippen LogP contribution < -0.4 is 5.73 Å². The fraction of sp³-hybridized carbons (Fsp3) is 0.979. The minimum Gasteiger partial charge on any atom is -0.388 e. The maximum Gasteiger partial charge on any atom is 0.222 e. The standard InChI is InChI=1S/C25H52N2O.C9H20.3C3H8.C2H6O.C2H6/c1-3-5-7-8-9-10-11-12-13-14-15-16-17-19-23-27(24-20-22-26)25(28)21-18-6-4-2;1-4-5-6-7-8-9(2)3;4*1-3-2;1-2/h3-24,26H2,1-2H3;9H,4-8H2,1-3H3;3*3H2,1-2H3;1-2H3;1-2H3. The second-order valence-electron chi connectivity index (χ2n) is 14.3. The van der Waals surface area contributed by atoms with Gasteiger partial charge in [-0.1, -0.05) is 238 Å². The van der Waals surface area contributed by atoms with Crippen LogP contribution in [0.25, 0.3) is 0 Å². The second-order valence-corrected chi connectivity index (χ2v) is 14.3. The fourth-order valence-corrected chi connectivity index (χ4v) is 4.80. The van der Waals surface area contributed by atoms with E-state index >= 15 is 0 Å². The first-order valence-corrected chi connectivity index (χ1v) is 23.1. The molecule has 0 aliphatic carbocycles. The number of unbranched alkanes of at least 4 members (excludes halogenated alkanes) is 18. The summed E-state index contributed by atoms with van der Waals surface area (Å²) in [6.07, 6.45) is 35.1. The molecule has 0 rings (SSSR count). The molecule has 0 spiro atoms. The quantitative estimate of drug-likeness (QED) is 0.0856. The largest absolute Gasteiger partial charge is 0.388 e. The van der Waals surface area contributed by atoms with Crippen molar-refractivity contribution in [2.45, 2.75) is 263 Å². The first-order valence-electron chi connectivity index (χ1n) is 23.1. The SMILES string of the molecule is CC.CCC.CCC.CCC.CCCCCCC(C)C.CCCCCCCCCCCCCCCCN(CCCN)C(=O)CCCCC.COC. The molecule has 4 nitrogen and oxygen atoms in total. The Bertz CT molecular complexity index is 477. The third-order valence-electron chi connectivity index (χ3n) is 7.40. The zero-order valence-electron chi connectivity index (χ0n) is 39.1. The lowest BCUT2D eigenvalue weighted by Crippen LogP contribution is -2.33. The van der Waals surface area contributed by atoms with E-state index in [4.69, 9.17) is 5.73 Å². The third-order valence-corrected chi connectivity index (χ3v) is 7.40. The van der Waals surface area contributed by atoms with Gasteiger partial charge in [-0.3, -0.25) is 4.79 Å². The van der Waals surface area contributed by atoms with Gasteiger partial charge in [0.25, 0.3) is 0 Å². The van der Waals surface area contributed by atoms with Crippen molar-refractivity contribution in [2.24, 2.45) is 11.7 Å². The number of ether oxygens (including phenoxy) is 1. The summed E-state index contributed by atoms with van der Waals surface area (Å²) >= 11 is 0. The smallest absolute Gasteiger partial charge is 0.222 e. The summed E-state index contributed by atoms with van der Waals surface area (Å²) in [7, 11) is 3.25. The molecule has 0 aromatic heterocycles. The number of carbonyl (C=O) groups is 1.